The minimum atomic E-state index is -1.01. The summed E-state index contributed by atoms with van der Waals surface area (Å²) in [6.45, 7) is 5.60. The van der Waals surface area contributed by atoms with Gasteiger partial charge in [0.25, 0.3) is 0 Å². The zero-order valence-corrected chi connectivity index (χ0v) is 23.5. The van der Waals surface area contributed by atoms with Gasteiger partial charge in [-0.3, -0.25) is 19.2 Å². The topological polar surface area (TPSA) is 112 Å². The highest BCUT2D eigenvalue weighted by molar-refractivity contribution is 5.86. The molecule has 212 valence electrons. The van der Waals surface area contributed by atoms with Crippen molar-refractivity contribution in [3.8, 4) is 0 Å². The zero-order valence-electron chi connectivity index (χ0n) is 23.5. The Balaban J connectivity index is 0.000000277. The second-order valence-corrected chi connectivity index (χ2v) is 11.0. The molecule has 0 saturated heterocycles. The number of hydrogen-bond acceptors (Lipinski definition) is 4. The van der Waals surface area contributed by atoms with Gasteiger partial charge in [0.15, 0.2) is 0 Å². The molecule has 7 nitrogen and oxygen atoms in total. The molecule has 1 aliphatic carbocycles. The van der Waals surface area contributed by atoms with E-state index in [0.717, 1.165) is 56.1 Å². The second-order valence-electron chi connectivity index (χ2n) is 11.0. The molecular formula is C32H43NO6. The smallest absolute Gasteiger partial charge is 0.323 e. The predicted molar refractivity (Wildman–Crippen MR) is 153 cm³/mol. The lowest BCUT2D eigenvalue weighted by atomic mass is 9.73. The van der Waals surface area contributed by atoms with Gasteiger partial charge in [0.2, 0.25) is 6.41 Å². The number of carbonyl (C=O) groups is 4. The molecule has 1 saturated carbocycles. The summed E-state index contributed by atoms with van der Waals surface area (Å²) in [5.74, 6) is -1.46. The molecule has 1 amide bonds. The van der Waals surface area contributed by atoms with Crippen LogP contribution in [0.4, 0.5) is 5.69 Å². The van der Waals surface area contributed by atoms with Crippen LogP contribution >= 0.6 is 0 Å². The van der Waals surface area contributed by atoms with Crippen LogP contribution < -0.4 is 4.90 Å². The molecule has 0 radical (unpaired) electrons. The van der Waals surface area contributed by atoms with E-state index in [0.29, 0.717) is 30.9 Å². The number of carboxylic acids is 2. The highest BCUT2D eigenvalue weighted by Gasteiger charge is 2.41. The van der Waals surface area contributed by atoms with Gasteiger partial charge in [-0.15, -0.1) is 0 Å². The molecule has 0 aliphatic heterocycles. The summed E-state index contributed by atoms with van der Waals surface area (Å²) in [5, 5.41) is 18.3. The largest absolute Gasteiger partial charge is 0.481 e. The fourth-order valence-corrected chi connectivity index (χ4v) is 5.29. The Bertz CT molecular complexity index is 1080. The number of anilines is 1. The van der Waals surface area contributed by atoms with Crippen molar-refractivity contribution in [1.29, 1.82) is 0 Å². The molecule has 0 bridgehead atoms. The highest BCUT2D eigenvalue weighted by atomic mass is 16.4. The summed E-state index contributed by atoms with van der Waals surface area (Å²) in [4.78, 5) is 46.5. The summed E-state index contributed by atoms with van der Waals surface area (Å²) in [6, 6.07) is 17.4. The van der Waals surface area contributed by atoms with Crippen LogP contribution in [0.2, 0.25) is 0 Å². The first-order valence-electron chi connectivity index (χ1n) is 13.9. The maximum atomic E-state index is 12.0. The number of rotatable bonds is 14. The molecule has 7 heteroatoms. The van der Waals surface area contributed by atoms with Crippen LogP contribution in [0.15, 0.2) is 54.6 Å². The number of carbonyl (C=O) groups excluding carboxylic acids is 2. The number of carboxylic acid groups (broad SMARTS) is 2. The van der Waals surface area contributed by atoms with Gasteiger partial charge in [0.1, 0.15) is 12.3 Å². The van der Waals surface area contributed by atoms with Crippen molar-refractivity contribution >= 4 is 29.8 Å². The van der Waals surface area contributed by atoms with Gasteiger partial charge in [0.05, 0.1) is 5.92 Å². The summed E-state index contributed by atoms with van der Waals surface area (Å²) >= 11 is 0. The number of Topliss-reactive ketones (excluding diaryl/α,β-unsaturated/α-hetero) is 1. The number of nitrogens with zero attached hydrogens (tertiary/aromatic N) is 1. The fraction of sp³-hybridized carbons (Fsp3) is 0.500. The van der Waals surface area contributed by atoms with Gasteiger partial charge in [-0.2, -0.15) is 0 Å². The summed E-state index contributed by atoms with van der Waals surface area (Å²) in [5.41, 5.74) is 2.49. The van der Waals surface area contributed by atoms with E-state index in [9.17, 15) is 24.3 Å². The molecule has 1 atom stereocenters. The third-order valence-electron chi connectivity index (χ3n) is 7.64. The van der Waals surface area contributed by atoms with E-state index in [2.05, 4.69) is 13.8 Å². The van der Waals surface area contributed by atoms with Crippen molar-refractivity contribution in [3.63, 3.8) is 0 Å². The number of aryl methyl sites for hydroxylation is 2. The molecule has 2 N–H and O–H groups in total. The van der Waals surface area contributed by atoms with E-state index in [1.165, 1.54) is 4.90 Å². The van der Waals surface area contributed by atoms with E-state index in [1.54, 1.807) is 13.0 Å². The van der Waals surface area contributed by atoms with E-state index in [-0.39, 0.29) is 17.7 Å². The number of aliphatic carboxylic acids is 2. The molecular weight excluding hydrogens is 494 g/mol. The van der Waals surface area contributed by atoms with Gasteiger partial charge in [0, 0.05) is 11.1 Å². The molecule has 0 heterocycles. The molecule has 1 aliphatic rings. The first kappa shape index (κ1) is 31.7. The second kappa shape index (κ2) is 15.8. The van der Waals surface area contributed by atoms with Gasteiger partial charge in [-0.05, 0) is 75.0 Å². The Kier molecular flexibility index (Phi) is 12.9. The average molecular weight is 538 g/mol. The van der Waals surface area contributed by atoms with E-state index in [4.69, 9.17) is 5.11 Å². The Labute approximate surface area is 232 Å². The minimum Gasteiger partial charge on any atom is -0.481 e. The van der Waals surface area contributed by atoms with Gasteiger partial charge in [-0.25, -0.2) is 0 Å². The summed E-state index contributed by atoms with van der Waals surface area (Å²) < 4.78 is 0. The monoisotopic (exact) mass is 537 g/mol. The van der Waals surface area contributed by atoms with Crippen molar-refractivity contribution in [3.05, 3.63) is 65.7 Å². The average Bonchev–Trinajstić information content (AvgIpc) is 3.39. The van der Waals surface area contributed by atoms with E-state index < -0.39 is 17.9 Å². The first-order chi connectivity index (χ1) is 18.6. The highest BCUT2D eigenvalue weighted by Crippen LogP contribution is 2.44. The first-order valence-corrected chi connectivity index (χ1v) is 13.9. The molecule has 0 spiro atoms. The third kappa shape index (κ3) is 10.3. The Morgan fingerprint density at radius 1 is 0.923 bits per heavy atom. The number of para-hydroxylation sites is 1. The number of hydrogen-bond donors (Lipinski definition) is 2. The number of benzene rings is 2. The predicted octanol–water partition coefficient (Wildman–Crippen LogP) is 6.18. The quantitative estimate of drug-likeness (QED) is 0.278. The summed E-state index contributed by atoms with van der Waals surface area (Å²) in [7, 11) is 0. The zero-order chi connectivity index (χ0) is 28.8. The molecule has 39 heavy (non-hydrogen) atoms. The molecule has 0 aromatic heterocycles. The SMILES string of the molecule is CC(=O)C1(CC(CCc2ccccc2)C(=O)O)CCCC1.CC(C)CCc1ccccc1N(C=O)CC(=O)O. The van der Waals surface area contributed by atoms with Crippen LogP contribution in [0, 0.1) is 17.3 Å². The van der Waals surface area contributed by atoms with Crippen molar-refractivity contribution < 1.29 is 29.4 Å². The number of ketones is 1. The van der Waals surface area contributed by atoms with Crippen LogP contribution in [-0.2, 0) is 32.0 Å². The molecule has 2 aromatic rings. The maximum Gasteiger partial charge on any atom is 0.323 e. The van der Waals surface area contributed by atoms with E-state index in [1.807, 2.05) is 48.5 Å². The lowest BCUT2D eigenvalue weighted by Crippen LogP contribution is -2.31. The molecule has 1 fully saturated rings. The van der Waals surface area contributed by atoms with E-state index >= 15 is 0 Å². The van der Waals surface area contributed by atoms with Crippen LogP contribution in [0.1, 0.15) is 76.8 Å². The third-order valence-corrected chi connectivity index (χ3v) is 7.64. The minimum absolute atomic E-state index is 0.172. The van der Waals surface area contributed by atoms with Crippen LogP contribution in [0.3, 0.4) is 0 Å². The van der Waals surface area contributed by atoms with Crippen molar-refractivity contribution in [1.82, 2.24) is 0 Å². The van der Waals surface area contributed by atoms with Gasteiger partial charge in [-0.1, -0.05) is 75.2 Å². The van der Waals surface area contributed by atoms with Crippen LogP contribution in [0.5, 0.6) is 0 Å². The summed E-state index contributed by atoms with van der Waals surface area (Å²) in [6.07, 6.45) is 8.10. The van der Waals surface area contributed by atoms with Crippen LogP contribution in [0.25, 0.3) is 0 Å². The Hall–Kier alpha value is -3.48. The molecule has 1 unspecified atom stereocenters. The van der Waals surface area contributed by atoms with Gasteiger partial charge >= 0.3 is 11.9 Å². The molecule has 2 aromatic carbocycles. The lowest BCUT2D eigenvalue weighted by Gasteiger charge is -2.29. The van der Waals surface area contributed by atoms with Crippen molar-refractivity contribution in [2.45, 2.75) is 78.6 Å². The normalized spacial score (nSPS) is 14.7. The fourth-order valence-electron chi connectivity index (χ4n) is 5.29. The van der Waals surface area contributed by atoms with Gasteiger partial charge < -0.3 is 15.1 Å². The lowest BCUT2D eigenvalue weighted by molar-refractivity contribution is -0.144. The van der Waals surface area contributed by atoms with Crippen molar-refractivity contribution in [2.75, 3.05) is 11.4 Å². The number of amides is 1. The molecule has 3 rings (SSSR count). The Morgan fingerprint density at radius 3 is 2.08 bits per heavy atom. The maximum absolute atomic E-state index is 12.0. The standard InChI is InChI=1S/C18H24O3.C14H19NO3/c1-14(19)18(11-5-6-12-18)13-16(17(20)21)10-9-15-7-3-2-4-8-15;1-11(2)7-8-12-5-3-4-6-13(12)15(10-16)9-14(17)18/h2-4,7-8,16H,5-6,9-13H2,1H3,(H,20,21);3-6,10-11H,7-9H2,1-2H3,(H,17,18). The van der Waals surface area contributed by atoms with Crippen molar-refractivity contribution in [2.24, 2.45) is 17.3 Å². The Morgan fingerprint density at radius 2 is 1.54 bits per heavy atom. The van der Waals surface area contributed by atoms with Crippen LogP contribution in [-0.4, -0.2) is 40.9 Å².